The van der Waals surface area contributed by atoms with E-state index in [-0.39, 0.29) is 10.8 Å². The lowest BCUT2D eigenvalue weighted by Crippen LogP contribution is -3.14. The molecule has 2 fully saturated rings. The predicted octanol–water partition coefficient (Wildman–Crippen LogP) is 0.530. The summed E-state index contributed by atoms with van der Waals surface area (Å²) in [6, 6.07) is 5.10. The Hall–Kier alpha value is -1.44. The van der Waals surface area contributed by atoms with Gasteiger partial charge in [-0.25, -0.2) is 8.42 Å². The van der Waals surface area contributed by atoms with E-state index in [1.807, 2.05) is 4.90 Å². The van der Waals surface area contributed by atoms with Crippen LogP contribution >= 0.6 is 0 Å². The molecule has 2 saturated heterocycles. The van der Waals surface area contributed by atoms with Crippen molar-refractivity contribution >= 4 is 15.9 Å². The molecule has 0 atom stereocenters. The van der Waals surface area contributed by atoms with Gasteiger partial charge in [0.25, 0.3) is 5.91 Å². The number of hydrogen-bond donors (Lipinski definition) is 1. The van der Waals surface area contributed by atoms with Crippen LogP contribution in [0.3, 0.4) is 0 Å². The molecule has 2 aliphatic rings. The van der Waals surface area contributed by atoms with Crippen LogP contribution in [0.5, 0.6) is 0 Å². The standard InChI is InChI=1S/C19H29N3O3S/c1-3-20-11-13-21(14-12-20)19(23)17-8-7-16(2)18(15-17)26(24,25)22-9-5-4-6-10-22/h7-8,15H,3-6,9-14H2,1-2H3/p+1. The van der Waals surface area contributed by atoms with E-state index in [1.165, 1.54) is 4.90 Å². The van der Waals surface area contributed by atoms with Crippen molar-refractivity contribution in [3.05, 3.63) is 29.3 Å². The number of piperidine rings is 1. The zero-order valence-corrected chi connectivity index (χ0v) is 16.6. The smallest absolute Gasteiger partial charge is 0.254 e. The second kappa shape index (κ2) is 8.06. The summed E-state index contributed by atoms with van der Waals surface area (Å²) in [4.78, 5) is 16.5. The van der Waals surface area contributed by atoms with Crippen molar-refractivity contribution in [3.8, 4) is 0 Å². The molecular formula is C19H30N3O3S+. The van der Waals surface area contributed by atoms with Gasteiger partial charge >= 0.3 is 0 Å². The molecule has 3 rings (SSSR count). The van der Waals surface area contributed by atoms with Gasteiger partial charge in [0.15, 0.2) is 0 Å². The molecule has 0 bridgehead atoms. The number of hydrogen-bond acceptors (Lipinski definition) is 3. The van der Waals surface area contributed by atoms with Gasteiger partial charge in [-0.1, -0.05) is 12.5 Å². The number of rotatable bonds is 4. The van der Waals surface area contributed by atoms with Crippen molar-refractivity contribution in [1.82, 2.24) is 9.21 Å². The number of nitrogens with zero attached hydrogens (tertiary/aromatic N) is 2. The number of piperazine rings is 1. The van der Waals surface area contributed by atoms with Crippen molar-refractivity contribution in [2.24, 2.45) is 0 Å². The molecule has 144 valence electrons. The van der Waals surface area contributed by atoms with Gasteiger partial charge in [0.2, 0.25) is 10.0 Å². The number of likely N-dealkylation sites (N-methyl/N-ethyl adjacent to an activating group) is 1. The number of carbonyl (C=O) groups excluding carboxylic acids is 1. The fourth-order valence-corrected chi connectivity index (χ4v) is 5.59. The first-order valence-corrected chi connectivity index (χ1v) is 11.1. The quantitative estimate of drug-likeness (QED) is 0.829. The van der Waals surface area contributed by atoms with E-state index in [4.69, 9.17) is 0 Å². The molecule has 2 heterocycles. The van der Waals surface area contributed by atoms with Gasteiger partial charge in [-0.3, -0.25) is 4.79 Å². The number of carbonyl (C=O) groups is 1. The first kappa shape index (κ1) is 19.3. The SMILES string of the molecule is CC[NH+]1CCN(C(=O)c2ccc(C)c(S(=O)(=O)N3CCCCC3)c2)CC1. The second-order valence-electron chi connectivity index (χ2n) is 7.34. The highest BCUT2D eigenvalue weighted by Gasteiger charge is 2.29. The van der Waals surface area contributed by atoms with E-state index in [9.17, 15) is 13.2 Å². The van der Waals surface area contributed by atoms with Gasteiger partial charge in [-0.2, -0.15) is 4.31 Å². The molecule has 2 aliphatic heterocycles. The first-order valence-electron chi connectivity index (χ1n) is 9.67. The van der Waals surface area contributed by atoms with E-state index in [0.29, 0.717) is 24.2 Å². The Bertz CT molecular complexity index is 749. The Balaban J connectivity index is 1.82. The molecule has 7 heteroatoms. The minimum atomic E-state index is -3.53. The highest BCUT2D eigenvalue weighted by atomic mass is 32.2. The van der Waals surface area contributed by atoms with Gasteiger partial charge in [-0.05, 0) is 44.4 Å². The summed E-state index contributed by atoms with van der Waals surface area (Å²) in [5, 5.41) is 0. The zero-order valence-electron chi connectivity index (χ0n) is 15.8. The first-order chi connectivity index (χ1) is 12.4. The van der Waals surface area contributed by atoms with Crippen molar-refractivity contribution in [1.29, 1.82) is 0 Å². The van der Waals surface area contributed by atoms with Crippen molar-refractivity contribution in [3.63, 3.8) is 0 Å². The average molecular weight is 381 g/mol. The molecule has 0 unspecified atom stereocenters. The van der Waals surface area contributed by atoms with Crippen molar-refractivity contribution in [2.75, 3.05) is 45.8 Å². The van der Waals surface area contributed by atoms with Crippen LogP contribution in [0.4, 0.5) is 0 Å². The fraction of sp³-hybridized carbons (Fsp3) is 0.632. The van der Waals surface area contributed by atoms with Crippen LogP contribution in [0.2, 0.25) is 0 Å². The van der Waals surface area contributed by atoms with Crippen LogP contribution in [0, 0.1) is 6.92 Å². The monoisotopic (exact) mass is 380 g/mol. The van der Waals surface area contributed by atoms with Crippen molar-refractivity contribution < 1.29 is 18.1 Å². The average Bonchev–Trinajstić information content (AvgIpc) is 2.68. The molecule has 0 radical (unpaired) electrons. The lowest BCUT2D eigenvalue weighted by molar-refractivity contribution is -0.902. The minimum Gasteiger partial charge on any atom is -0.332 e. The Kier molecular flexibility index (Phi) is 5.99. The molecule has 0 aliphatic carbocycles. The lowest BCUT2D eigenvalue weighted by atomic mass is 10.1. The third-order valence-corrected chi connectivity index (χ3v) is 7.67. The van der Waals surface area contributed by atoms with E-state index in [0.717, 1.165) is 52.0 Å². The fourth-order valence-electron chi connectivity index (χ4n) is 3.82. The molecule has 1 N–H and O–H groups in total. The number of sulfonamides is 1. The number of aryl methyl sites for hydroxylation is 1. The van der Waals surface area contributed by atoms with Gasteiger partial charge in [0.1, 0.15) is 0 Å². The summed E-state index contributed by atoms with van der Waals surface area (Å²) in [5.74, 6) is -0.0600. The normalized spacial score (nSPS) is 20.3. The topological polar surface area (TPSA) is 62.1 Å². The summed E-state index contributed by atoms with van der Waals surface area (Å²) < 4.78 is 27.6. The molecule has 0 spiro atoms. The van der Waals surface area contributed by atoms with E-state index in [1.54, 1.807) is 29.4 Å². The molecular weight excluding hydrogens is 350 g/mol. The van der Waals surface area contributed by atoms with Gasteiger partial charge in [0.05, 0.1) is 37.6 Å². The number of benzene rings is 1. The summed E-state index contributed by atoms with van der Waals surface area (Å²) in [5.41, 5.74) is 1.18. The molecule has 1 aromatic carbocycles. The second-order valence-corrected chi connectivity index (χ2v) is 9.25. The lowest BCUT2D eigenvalue weighted by Gasteiger charge is -2.32. The van der Waals surface area contributed by atoms with Gasteiger partial charge < -0.3 is 9.80 Å². The van der Waals surface area contributed by atoms with Crippen LogP contribution in [0.25, 0.3) is 0 Å². The Labute approximate surface area is 156 Å². The molecule has 6 nitrogen and oxygen atoms in total. The Morgan fingerprint density at radius 2 is 1.73 bits per heavy atom. The third kappa shape index (κ3) is 3.94. The van der Waals surface area contributed by atoms with Crippen LogP contribution in [0.1, 0.15) is 42.1 Å². The largest absolute Gasteiger partial charge is 0.332 e. The number of amides is 1. The zero-order chi connectivity index (χ0) is 18.7. The van der Waals surface area contributed by atoms with Gasteiger partial charge in [0, 0.05) is 18.7 Å². The summed E-state index contributed by atoms with van der Waals surface area (Å²) in [7, 11) is -3.53. The molecule has 0 aromatic heterocycles. The number of nitrogens with one attached hydrogen (secondary N) is 1. The molecule has 1 aromatic rings. The minimum absolute atomic E-state index is 0.0600. The van der Waals surface area contributed by atoms with E-state index >= 15 is 0 Å². The number of quaternary nitrogens is 1. The van der Waals surface area contributed by atoms with Crippen LogP contribution in [-0.4, -0.2) is 69.3 Å². The maximum Gasteiger partial charge on any atom is 0.254 e. The van der Waals surface area contributed by atoms with E-state index < -0.39 is 10.0 Å². The maximum absolute atomic E-state index is 13.0. The van der Waals surface area contributed by atoms with Gasteiger partial charge in [-0.15, -0.1) is 0 Å². The molecule has 26 heavy (non-hydrogen) atoms. The van der Waals surface area contributed by atoms with Crippen molar-refractivity contribution in [2.45, 2.75) is 38.0 Å². The molecule has 0 saturated carbocycles. The summed E-state index contributed by atoms with van der Waals surface area (Å²) >= 11 is 0. The predicted molar refractivity (Wildman–Crippen MR) is 101 cm³/mol. The highest BCUT2D eigenvalue weighted by Crippen LogP contribution is 2.25. The molecule has 1 amide bonds. The Morgan fingerprint density at radius 3 is 2.35 bits per heavy atom. The summed E-state index contributed by atoms with van der Waals surface area (Å²) in [6.07, 6.45) is 2.89. The van der Waals surface area contributed by atoms with Crippen LogP contribution < -0.4 is 4.90 Å². The summed E-state index contributed by atoms with van der Waals surface area (Å²) in [6.45, 7) is 9.53. The van der Waals surface area contributed by atoms with Crippen LogP contribution in [-0.2, 0) is 10.0 Å². The van der Waals surface area contributed by atoms with Crippen LogP contribution in [0.15, 0.2) is 23.1 Å². The third-order valence-electron chi connectivity index (χ3n) is 5.63. The van der Waals surface area contributed by atoms with E-state index in [2.05, 4.69) is 6.92 Å². The highest BCUT2D eigenvalue weighted by molar-refractivity contribution is 7.89. The maximum atomic E-state index is 13.0. The Morgan fingerprint density at radius 1 is 1.08 bits per heavy atom.